The summed E-state index contributed by atoms with van der Waals surface area (Å²) in [7, 11) is 1.38. The van der Waals surface area contributed by atoms with Gasteiger partial charge in [-0.15, -0.1) is 12.4 Å². The van der Waals surface area contributed by atoms with Crippen molar-refractivity contribution in [2.24, 2.45) is 5.73 Å². The molecule has 0 spiro atoms. The molecule has 1 atom stereocenters. The number of halogens is 3. The normalized spacial score (nSPS) is 12.8. The first-order valence-corrected chi connectivity index (χ1v) is 4.40. The highest BCUT2D eigenvalue weighted by atomic mass is 35.5. The van der Waals surface area contributed by atoms with Gasteiger partial charge in [-0.3, -0.25) is 0 Å². The van der Waals surface area contributed by atoms with Gasteiger partial charge in [-0.05, 0) is 6.07 Å². The lowest BCUT2D eigenvalue weighted by molar-refractivity contribution is -0.0715. The van der Waals surface area contributed by atoms with Crippen molar-refractivity contribution in [1.82, 2.24) is 0 Å². The molecule has 0 aromatic heterocycles. The lowest BCUT2D eigenvalue weighted by atomic mass is 10.0. The minimum atomic E-state index is -3.35. The third kappa shape index (κ3) is 3.04. The van der Waals surface area contributed by atoms with Crippen LogP contribution in [-0.2, 0) is 0 Å². The Bertz CT molecular complexity index is 336. The van der Waals surface area contributed by atoms with Crippen molar-refractivity contribution in [1.29, 1.82) is 0 Å². The average molecular weight is 254 g/mol. The summed E-state index contributed by atoms with van der Waals surface area (Å²) in [5.74, 6) is -3.06. The van der Waals surface area contributed by atoms with E-state index in [9.17, 15) is 8.78 Å². The maximum atomic E-state index is 13.1. The summed E-state index contributed by atoms with van der Waals surface area (Å²) < 4.78 is 31.1. The van der Waals surface area contributed by atoms with Crippen LogP contribution in [0.4, 0.5) is 8.78 Å². The zero-order valence-electron chi connectivity index (χ0n) is 8.69. The van der Waals surface area contributed by atoms with Crippen molar-refractivity contribution in [2.75, 3.05) is 13.7 Å². The Labute approximate surface area is 98.6 Å². The van der Waals surface area contributed by atoms with Crippen molar-refractivity contribution in [2.45, 2.75) is 12.0 Å². The van der Waals surface area contributed by atoms with Gasteiger partial charge in [0, 0.05) is 5.56 Å². The smallest absolute Gasteiger partial charge is 0.289 e. The summed E-state index contributed by atoms with van der Waals surface area (Å²) >= 11 is 0. The van der Waals surface area contributed by atoms with Crippen molar-refractivity contribution >= 4 is 12.4 Å². The Kier molecular flexibility index (Phi) is 5.64. The van der Waals surface area contributed by atoms with Crippen LogP contribution in [0.2, 0.25) is 0 Å². The molecular weight excluding hydrogens is 240 g/mol. The van der Waals surface area contributed by atoms with Crippen LogP contribution < -0.4 is 10.5 Å². The Morgan fingerprint density at radius 3 is 2.50 bits per heavy atom. The third-order valence-electron chi connectivity index (χ3n) is 2.14. The standard InChI is InChI=1S/C10H13F2NO2.ClH/c1-15-8-5-3-2-4-7(8)9(13)10(11,12)6-14;/h2-5,9,14H,6,13H2,1H3;1H/t9-;/m0./s1. The molecule has 92 valence electrons. The number of nitrogens with two attached hydrogens (primary N) is 1. The van der Waals surface area contributed by atoms with Crippen LogP contribution in [-0.4, -0.2) is 24.7 Å². The monoisotopic (exact) mass is 253 g/mol. The maximum Gasteiger partial charge on any atom is 0.289 e. The highest BCUT2D eigenvalue weighted by Gasteiger charge is 2.38. The Balaban J connectivity index is 0.00000225. The number of aliphatic hydroxyl groups excluding tert-OH is 1. The topological polar surface area (TPSA) is 55.5 Å². The summed E-state index contributed by atoms with van der Waals surface area (Å²) in [6.07, 6.45) is 0. The molecule has 0 aliphatic carbocycles. The van der Waals surface area contributed by atoms with Crippen molar-refractivity contribution in [3.05, 3.63) is 29.8 Å². The SMILES string of the molecule is COc1ccccc1[C@H](N)C(F)(F)CO.Cl. The Morgan fingerprint density at radius 2 is 2.00 bits per heavy atom. The van der Waals surface area contributed by atoms with Crippen LogP contribution in [0.1, 0.15) is 11.6 Å². The fourth-order valence-electron chi connectivity index (χ4n) is 1.25. The largest absolute Gasteiger partial charge is 0.496 e. The summed E-state index contributed by atoms with van der Waals surface area (Å²) in [4.78, 5) is 0. The number of rotatable bonds is 4. The second-order valence-electron chi connectivity index (χ2n) is 3.14. The predicted molar refractivity (Wildman–Crippen MR) is 59.2 cm³/mol. The zero-order chi connectivity index (χ0) is 11.5. The van der Waals surface area contributed by atoms with Crippen molar-refractivity contribution in [3.8, 4) is 5.75 Å². The summed E-state index contributed by atoms with van der Waals surface area (Å²) in [6, 6.07) is 4.67. The fourth-order valence-corrected chi connectivity index (χ4v) is 1.25. The Morgan fingerprint density at radius 1 is 1.44 bits per heavy atom. The Hall–Kier alpha value is -0.910. The van der Waals surface area contributed by atoms with Gasteiger partial charge in [0.05, 0.1) is 7.11 Å². The van der Waals surface area contributed by atoms with Crippen LogP contribution >= 0.6 is 12.4 Å². The van der Waals surface area contributed by atoms with Crippen LogP contribution in [0.25, 0.3) is 0 Å². The van der Waals surface area contributed by atoms with E-state index >= 15 is 0 Å². The van der Waals surface area contributed by atoms with Gasteiger partial charge in [-0.2, -0.15) is 0 Å². The van der Waals surface area contributed by atoms with Gasteiger partial charge < -0.3 is 15.6 Å². The number of hydrogen-bond acceptors (Lipinski definition) is 3. The number of para-hydroxylation sites is 1. The first-order valence-electron chi connectivity index (χ1n) is 4.40. The van der Waals surface area contributed by atoms with Crippen LogP contribution in [0, 0.1) is 0 Å². The molecule has 16 heavy (non-hydrogen) atoms. The molecule has 3 N–H and O–H groups in total. The first kappa shape index (κ1) is 15.1. The molecule has 0 saturated carbocycles. The zero-order valence-corrected chi connectivity index (χ0v) is 9.51. The lowest BCUT2D eigenvalue weighted by Crippen LogP contribution is -2.36. The second-order valence-corrected chi connectivity index (χ2v) is 3.14. The molecule has 3 nitrogen and oxygen atoms in total. The highest BCUT2D eigenvalue weighted by Crippen LogP contribution is 2.33. The summed E-state index contributed by atoms with van der Waals surface area (Å²) in [5.41, 5.74) is 5.55. The third-order valence-corrected chi connectivity index (χ3v) is 2.14. The first-order chi connectivity index (χ1) is 7.03. The second kappa shape index (κ2) is 5.98. The molecule has 0 radical (unpaired) electrons. The number of ether oxygens (including phenoxy) is 1. The summed E-state index contributed by atoms with van der Waals surface area (Å²) in [6.45, 7) is -1.29. The van der Waals surface area contributed by atoms with Gasteiger partial charge in [-0.1, -0.05) is 18.2 Å². The molecule has 1 aromatic rings. The minimum absolute atomic E-state index is 0. The van der Waals surface area contributed by atoms with Gasteiger partial charge in [0.25, 0.3) is 5.92 Å². The lowest BCUT2D eigenvalue weighted by Gasteiger charge is -2.23. The van der Waals surface area contributed by atoms with E-state index in [2.05, 4.69) is 0 Å². The molecule has 0 heterocycles. The number of aliphatic hydroxyl groups is 1. The maximum absolute atomic E-state index is 13.1. The van der Waals surface area contributed by atoms with E-state index in [1.165, 1.54) is 13.2 Å². The van der Waals surface area contributed by atoms with Crippen LogP contribution in [0.15, 0.2) is 24.3 Å². The summed E-state index contributed by atoms with van der Waals surface area (Å²) in [5, 5.41) is 8.52. The van der Waals surface area contributed by atoms with E-state index in [0.717, 1.165) is 0 Å². The molecule has 0 fully saturated rings. The van der Waals surface area contributed by atoms with Crippen molar-refractivity contribution in [3.63, 3.8) is 0 Å². The molecule has 0 aliphatic heterocycles. The van der Waals surface area contributed by atoms with Crippen LogP contribution in [0.5, 0.6) is 5.75 Å². The molecule has 0 aliphatic rings. The molecule has 0 bridgehead atoms. The van der Waals surface area contributed by atoms with E-state index in [1.54, 1.807) is 18.2 Å². The quantitative estimate of drug-likeness (QED) is 0.860. The van der Waals surface area contributed by atoms with E-state index < -0.39 is 18.6 Å². The van der Waals surface area contributed by atoms with E-state index in [1.807, 2.05) is 0 Å². The van der Waals surface area contributed by atoms with Gasteiger partial charge in [0.2, 0.25) is 0 Å². The van der Waals surface area contributed by atoms with E-state index in [4.69, 9.17) is 15.6 Å². The number of methoxy groups -OCH3 is 1. The van der Waals surface area contributed by atoms with Gasteiger partial charge in [0.1, 0.15) is 18.4 Å². The highest BCUT2D eigenvalue weighted by molar-refractivity contribution is 5.85. The number of hydrogen-bond donors (Lipinski definition) is 2. The molecule has 6 heteroatoms. The molecule has 0 saturated heterocycles. The van der Waals surface area contributed by atoms with E-state index in [-0.39, 0.29) is 23.7 Å². The molecule has 0 unspecified atom stereocenters. The van der Waals surface area contributed by atoms with Crippen molar-refractivity contribution < 1.29 is 18.6 Å². The predicted octanol–water partition coefficient (Wildman–Crippen LogP) is 1.74. The fraction of sp³-hybridized carbons (Fsp3) is 0.400. The molecule has 0 amide bonds. The number of alkyl halides is 2. The number of benzene rings is 1. The van der Waals surface area contributed by atoms with Gasteiger partial charge >= 0.3 is 0 Å². The van der Waals surface area contributed by atoms with Gasteiger partial charge in [-0.25, -0.2) is 8.78 Å². The molecular formula is C10H14ClF2NO2. The molecule has 1 rings (SSSR count). The van der Waals surface area contributed by atoms with E-state index in [0.29, 0.717) is 0 Å². The minimum Gasteiger partial charge on any atom is -0.496 e. The molecule has 1 aromatic carbocycles. The van der Waals surface area contributed by atoms with Gasteiger partial charge in [0.15, 0.2) is 0 Å². The van der Waals surface area contributed by atoms with Crippen LogP contribution in [0.3, 0.4) is 0 Å². The average Bonchev–Trinajstić information content (AvgIpc) is 2.28.